The summed E-state index contributed by atoms with van der Waals surface area (Å²) in [5, 5.41) is 0. The molecule has 0 radical (unpaired) electrons. The summed E-state index contributed by atoms with van der Waals surface area (Å²) < 4.78 is 32.3. The molecule has 2 heterocycles. The van der Waals surface area contributed by atoms with Crippen LogP contribution in [-0.2, 0) is 23.0 Å². The molecule has 0 aliphatic carbocycles. The van der Waals surface area contributed by atoms with Crippen molar-refractivity contribution in [2.75, 3.05) is 0 Å². The van der Waals surface area contributed by atoms with Crippen molar-refractivity contribution in [3.05, 3.63) is 34.4 Å². The van der Waals surface area contributed by atoms with Crippen molar-refractivity contribution in [2.24, 2.45) is 0 Å². The van der Waals surface area contributed by atoms with Gasteiger partial charge in [-0.15, -0.1) is 11.3 Å². The molecule has 0 spiro atoms. The largest absolute Gasteiger partial charge is 0.444 e. The van der Waals surface area contributed by atoms with Gasteiger partial charge in [0.25, 0.3) is 10.0 Å². The summed E-state index contributed by atoms with van der Waals surface area (Å²) in [6.07, 6.45) is 0.832. The molecule has 0 saturated heterocycles. The maximum absolute atomic E-state index is 12.1. The van der Waals surface area contributed by atoms with Gasteiger partial charge in [0.05, 0.1) is 12.2 Å². The first-order valence-corrected chi connectivity index (χ1v) is 8.23. The molecule has 2 aromatic heterocycles. The van der Waals surface area contributed by atoms with E-state index in [9.17, 15) is 8.42 Å². The second-order valence-corrected chi connectivity index (χ2v) is 7.31. The number of sulfonamides is 1. The van der Waals surface area contributed by atoms with E-state index in [-0.39, 0.29) is 6.54 Å². The van der Waals surface area contributed by atoms with E-state index in [1.54, 1.807) is 13.0 Å². The first-order chi connectivity index (χ1) is 8.92. The van der Waals surface area contributed by atoms with E-state index in [1.165, 1.54) is 11.3 Å². The highest BCUT2D eigenvalue weighted by Gasteiger charge is 2.17. The lowest BCUT2D eigenvalue weighted by Gasteiger charge is -2.01. The molecule has 0 aliphatic rings. The predicted octanol–water partition coefficient (Wildman–Crippen LogP) is 2.39. The number of aromatic nitrogens is 1. The third kappa shape index (κ3) is 3.23. The molecule has 0 bridgehead atoms. The Balaban J connectivity index is 2.09. The highest BCUT2D eigenvalue weighted by molar-refractivity contribution is 7.91. The van der Waals surface area contributed by atoms with Crippen molar-refractivity contribution in [1.29, 1.82) is 0 Å². The van der Waals surface area contributed by atoms with E-state index >= 15 is 0 Å². The highest BCUT2D eigenvalue weighted by Crippen LogP contribution is 2.22. The van der Waals surface area contributed by atoms with Gasteiger partial charge in [-0.25, -0.2) is 18.1 Å². The molecule has 1 N–H and O–H groups in total. The van der Waals surface area contributed by atoms with Gasteiger partial charge in [-0.05, 0) is 32.4 Å². The van der Waals surface area contributed by atoms with Crippen LogP contribution in [0.5, 0.6) is 0 Å². The number of thiophene rings is 1. The Morgan fingerprint density at radius 1 is 1.37 bits per heavy atom. The number of aryl methyl sites for hydroxylation is 3. The molecule has 0 fully saturated rings. The topological polar surface area (TPSA) is 72.2 Å². The molecule has 0 aromatic carbocycles. The number of nitrogens with one attached hydrogen (secondary N) is 1. The normalized spacial score (nSPS) is 11.9. The predicted molar refractivity (Wildman–Crippen MR) is 73.7 cm³/mol. The molecule has 104 valence electrons. The third-order valence-corrected chi connectivity index (χ3v) is 5.86. The van der Waals surface area contributed by atoms with Crippen LogP contribution in [-0.4, -0.2) is 13.4 Å². The van der Waals surface area contributed by atoms with Crippen LogP contribution in [0, 0.1) is 13.8 Å². The van der Waals surface area contributed by atoms with Crippen LogP contribution in [0.15, 0.2) is 20.8 Å². The van der Waals surface area contributed by atoms with Gasteiger partial charge >= 0.3 is 0 Å². The van der Waals surface area contributed by atoms with Gasteiger partial charge in [0.15, 0.2) is 0 Å². The fourth-order valence-electron chi connectivity index (χ4n) is 1.54. The van der Waals surface area contributed by atoms with Crippen LogP contribution in [0.2, 0.25) is 0 Å². The Hall–Kier alpha value is -1.18. The van der Waals surface area contributed by atoms with E-state index < -0.39 is 10.0 Å². The minimum absolute atomic E-state index is 0.0658. The second-order valence-electron chi connectivity index (χ2n) is 4.15. The van der Waals surface area contributed by atoms with E-state index in [4.69, 9.17) is 4.42 Å². The van der Waals surface area contributed by atoms with E-state index in [0.717, 1.165) is 17.0 Å². The van der Waals surface area contributed by atoms with Crippen LogP contribution < -0.4 is 4.72 Å². The molecule has 0 amide bonds. The van der Waals surface area contributed by atoms with Gasteiger partial charge in [0.1, 0.15) is 9.97 Å². The highest BCUT2D eigenvalue weighted by atomic mass is 32.2. The van der Waals surface area contributed by atoms with E-state index in [1.807, 2.05) is 19.9 Å². The fraction of sp³-hybridized carbons (Fsp3) is 0.417. The Kier molecular flexibility index (Phi) is 4.07. The van der Waals surface area contributed by atoms with Gasteiger partial charge < -0.3 is 4.42 Å². The molecule has 2 aromatic rings. The second kappa shape index (κ2) is 5.44. The minimum atomic E-state index is -3.48. The average molecular weight is 300 g/mol. The van der Waals surface area contributed by atoms with Crippen LogP contribution in [0.3, 0.4) is 0 Å². The number of rotatable bonds is 5. The first kappa shape index (κ1) is 14.2. The standard InChI is InChI=1S/C12H16N2O3S2/c1-4-10-5-6-12(18-10)19(15,16)13-7-11-14-8(2)9(3)17-11/h5-6,13H,4,7H2,1-3H3. The lowest BCUT2D eigenvalue weighted by molar-refractivity contribution is 0.463. The molecular weight excluding hydrogens is 284 g/mol. The lowest BCUT2D eigenvalue weighted by atomic mass is 10.4. The summed E-state index contributed by atoms with van der Waals surface area (Å²) in [4.78, 5) is 5.18. The summed E-state index contributed by atoms with van der Waals surface area (Å²) in [7, 11) is -3.48. The van der Waals surface area contributed by atoms with E-state index in [0.29, 0.717) is 15.9 Å². The minimum Gasteiger partial charge on any atom is -0.444 e. The monoisotopic (exact) mass is 300 g/mol. The van der Waals surface area contributed by atoms with Gasteiger partial charge in [-0.2, -0.15) is 0 Å². The van der Waals surface area contributed by atoms with Crippen molar-refractivity contribution in [2.45, 2.75) is 37.9 Å². The van der Waals surface area contributed by atoms with Gasteiger partial charge in [-0.3, -0.25) is 0 Å². The average Bonchev–Trinajstić information content (AvgIpc) is 2.95. The molecule has 0 unspecified atom stereocenters. The molecule has 0 atom stereocenters. The molecule has 19 heavy (non-hydrogen) atoms. The summed E-state index contributed by atoms with van der Waals surface area (Å²) in [5.74, 6) is 1.09. The zero-order valence-corrected chi connectivity index (χ0v) is 12.7. The van der Waals surface area contributed by atoms with Gasteiger partial charge in [0, 0.05) is 4.88 Å². The molecule has 7 heteroatoms. The number of oxazole rings is 1. The van der Waals surface area contributed by atoms with Crippen LogP contribution in [0.25, 0.3) is 0 Å². The third-order valence-electron chi connectivity index (χ3n) is 2.74. The van der Waals surface area contributed by atoms with E-state index in [2.05, 4.69) is 9.71 Å². The molecule has 0 aliphatic heterocycles. The van der Waals surface area contributed by atoms with Gasteiger partial charge in [0.2, 0.25) is 5.89 Å². The Morgan fingerprint density at radius 2 is 2.11 bits per heavy atom. The number of hydrogen-bond donors (Lipinski definition) is 1. The maximum Gasteiger partial charge on any atom is 0.250 e. The number of hydrogen-bond acceptors (Lipinski definition) is 5. The Labute approximate surface area is 116 Å². The van der Waals surface area contributed by atoms with Crippen LogP contribution in [0.4, 0.5) is 0 Å². The maximum atomic E-state index is 12.1. The smallest absolute Gasteiger partial charge is 0.250 e. The SMILES string of the molecule is CCc1ccc(S(=O)(=O)NCc2nc(C)c(C)o2)s1. The van der Waals surface area contributed by atoms with Crippen LogP contribution >= 0.6 is 11.3 Å². The van der Waals surface area contributed by atoms with Crippen molar-refractivity contribution in [3.63, 3.8) is 0 Å². The lowest BCUT2D eigenvalue weighted by Crippen LogP contribution is -2.22. The van der Waals surface area contributed by atoms with Gasteiger partial charge in [-0.1, -0.05) is 6.92 Å². The first-order valence-electron chi connectivity index (χ1n) is 5.93. The summed E-state index contributed by atoms with van der Waals surface area (Å²) in [6.45, 7) is 5.68. The quantitative estimate of drug-likeness (QED) is 0.920. The summed E-state index contributed by atoms with van der Waals surface area (Å²) in [6, 6.07) is 3.45. The summed E-state index contributed by atoms with van der Waals surface area (Å²) >= 11 is 1.28. The van der Waals surface area contributed by atoms with Crippen molar-refractivity contribution >= 4 is 21.4 Å². The van der Waals surface area contributed by atoms with Crippen molar-refractivity contribution in [1.82, 2.24) is 9.71 Å². The number of nitrogens with zero attached hydrogens (tertiary/aromatic N) is 1. The fourth-order valence-corrected chi connectivity index (χ4v) is 3.85. The Morgan fingerprint density at radius 3 is 2.63 bits per heavy atom. The zero-order valence-electron chi connectivity index (χ0n) is 11.1. The zero-order chi connectivity index (χ0) is 14.0. The van der Waals surface area contributed by atoms with Crippen molar-refractivity contribution in [3.8, 4) is 0 Å². The van der Waals surface area contributed by atoms with Crippen LogP contribution in [0.1, 0.15) is 29.1 Å². The molecule has 5 nitrogen and oxygen atoms in total. The Bertz CT molecular complexity index is 651. The molecule has 2 rings (SSSR count). The summed E-state index contributed by atoms with van der Waals surface area (Å²) in [5.41, 5.74) is 0.776. The van der Waals surface area contributed by atoms with Crippen molar-refractivity contribution < 1.29 is 12.8 Å². The molecular formula is C12H16N2O3S2. The molecule has 0 saturated carbocycles.